The monoisotopic (exact) mass is 386 g/mol. The average molecular weight is 386 g/mol. The number of ether oxygens (including phenoxy) is 1. The molecule has 2 aromatic rings. The van der Waals surface area contributed by atoms with Gasteiger partial charge in [0.1, 0.15) is 11.5 Å². The Morgan fingerprint density at radius 2 is 1.78 bits per heavy atom. The molecule has 1 aromatic heterocycles. The van der Waals surface area contributed by atoms with Crippen molar-refractivity contribution >= 4 is 28.7 Å². The topological polar surface area (TPSA) is 49.9 Å². The van der Waals surface area contributed by atoms with E-state index in [-0.39, 0.29) is 24.2 Å². The molecule has 0 radical (unpaired) electrons. The maximum atomic E-state index is 13.1. The molecule has 0 aliphatic carbocycles. The van der Waals surface area contributed by atoms with E-state index >= 15 is 0 Å². The number of amides is 2. The highest BCUT2D eigenvalue weighted by Crippen LogP contribution is 2.34. The van der Waals surface area contributed by atoms with Crippen molar-refractivity contribution in [1.29, 1.82) is 0 Å². The summed E-state index contributed by atoms with van der Waals surface area (Å²) in [7, 11) is 0. The summed E-state index contributed by atoms with van der Waals surface area (Å²) in [6, 6.07) is 9.88. The maximum Gasteiger partial charge on any atom is 0.277 e. The maximum absolute atomic E-state index is 13.1. The van der Waals surface area contributed by atoms with Crippen molar-refractivity contribution in [2.24, 2.45) is 0 Å². The molecule has 2 aliphatic heterocycles. The molecule has 2 aliphatic rings. The van der Waals surface area contributed by atoms with Gasteiger partial charge in [-0.3, -0.25) is 14.5 Å². The van der Waals surface area contributed by atoms with Gasteiger partial charge in [0.25, 0.3) is 11.8 Å². The summed E-state index contributed by atoms with van der Waals surface area (Å²) in [4.78, 5) is 30.3. The Kier molecular flexibility index (Phi) is 5.05. The number of hydrogen-bond acceptors (Lipinski definition) is 5. The summed E-state index contributed by atoms with van der Waals surface area (Å²) in [5, 5.41) is 1.90. The van der Waals surface area contributed by atoms with Gasteiger partial charge in [0, 0.05) is 24.5 Å². The van der Waals surface area contributed by atoms with Gasteiger partial charge in [0.15, 0.2) is 0 Å². The van der Waals surface area contributed by atoms with Crippen molar-refractivity contribution in [3.05, 3.63) is 63.7 Å². The molecule has 4 rings (SSSR count). The summed E-state index contributed by atoms with van der Waals surface area (Å²) in [5.41, 5.74) is 1.84. The number of morpholine rings is 1. The molecule has 5 nitrogen and oxygen atoms in total. The Balaban J connectivity index is 1.60. The number of thiophene rings is 1. The first-order valence-corrected chi connectivity index (χ1v) is 9.74. The summed E-state index contributed by atoms with van der Waals surface area (Å²) >= 11 is 1.45. The fourth-order valence-electron chi connectivity index (χ4n) is 3.38. The van der Waals surface area contributed by atoms with Crippen LogP contribution in [0.5, 0.6) is 0 Å². The van der Waals surface area contributed by atoms with Gasteiger partial charge in [0.05, 0.1) is 18.8 Å². The van der Waals surface area contributed by atoms with Crippen LogP contribution in [-0.2, 0) is 20.7 Å². The predicted octanol–water partition coefficient (Wildman–Crippen LogP) is 2.54. The first-order chi connectivity index (χ1) is 13.1. The zero-order valence-corrected chi connectivity index (χ0v) is 15.5. The van der Waals surface area contributed by atoms with Gasteiger partial charge in [-0.1, -0.05) is 18.2 Å². The normalized spacial score (nSPS) is 18.0. The first-order valence-electron chi connectivity index (χ1n) is 8.86. The fourth-order valence-corrected chi connectivity index (χ4v) is 4.14. The van der Waals surface area contributed by atoms with Gasteiger partial charge >= 0.3 is 0 Å². The predicted molar refractivity (Wildman–Crippen MR) is 100 cm³/mol. The Morgan fingerprint density at radius 3 is 2.44 bits per heavy atom. The highest BCUT2D eigenvalue weighted by molar-refractivity contribution is 7.11. The molecule has 3 heterocycles. The lowest BCUT2D eigenvalue weighted by Gasteiger charge is -2.29. The van der Waals surface area contributed by atoms with Gasteiger partial charge in [0.2, 0.25) is 0 Å². The molecular formula is C20H19FN2O3S. The SMILES string of the molecule is O=C1C(c2cccs2)=C(N2CCOCC2)C(=O)N1CCc1ccc(F)cc1. The second-order valence-corrected chi connectivity index (χ2v) is 7.39. The van der Waals surface area contributed by atoms with Crippen LogP contribution in [0.4, 0.5) is 4.39 Å². The van der Waals surface area contributed by atoms with Crippen molar-refractivity contribution in [2.45, 2.75) is 6.42 Å². The molecule has 0 unspecified atom stereocenters. The second-order valence-electron chi connectivity index (χ2n) is 6.44. The van der Waals surface area contributed by atoms with E-state index in [0.717, 1.165) is 10.4 Å². The average Bonchev–Trinajstić information content (AvgIpc) is 3.29. The van der Waals surface area contributed by atoms with Gasteiger partial charge in [-0.25, -0.2) is 4.39 Å². The van der Waals surface area contributed by atoms with Crippen LogP contribution in [0, 0.1) is 5.82 Å². The molecule has 7 heteroatoms. The fraction of sp³-hybridized carbons (Fsp3) is 0.300. The first kappa shape index (κ1) is 17.9. The molecule has 1 aromatic carbocycles. The number of rotatable bonds is 5. The molecule has 2 amide bonds. The lowest BCUT2D eigenvalue weighted by Crippen LogP contribution is -2.40. The highest BCUT2D eigenvalue weighted by Gasteiger charge is 2.41. The number of nitrogens with zero attached hydrogens (tertiary/aromatic N) is 2. The lowest BCUT2D eigenvalue weighted by molar-refractivity contribution is -0.137. The minimum atomic E-state index is -0.302. The molecule has 1 saturated heterocycles. The number of hydrogen-bond donors (Lipinski definition) is 0. The standard InChI is InChI=1S/C20H19FN2O3S/c21-15-5-3-14(4-6-15)7-8-23-19(24)17(16-2-1-13-27-16)18(20(23)25)22-9-11-26-12-10-22/h1-6,13H,7-12H2. The van der Waals surface area contributed by atoms with Crippen LogP contribution in [0.3, 0.4) is 0 Å². The zero-order valence-electron chi connectivity index (χ0n) is 14.7. The van der Waals surface area contributed by atoms with E-state index in [1.165, 1.54) is 28.4 Å². The van der Waals surface area contributed by atoms with E-state index in [2.05, 4.69) is 0 Å². The Labute approximate surface area is 160 Å². The quantitative estimate of drug-likeness (QED) is 0.741. The third-order valence-corrected chi connectivity index (χ3v) is 5.66. The van der Waals surface area contributed by atoms with Gasteiger partial charge in [-0.2, -0.15) is 0 Å². The molecule has 27 heavy (non-hydrogen) atoms. The molecule has 0 spiro atoms. The third-order valence-electron chi connectivity index (χ3n) is 4.78. The molecule has 0 N–H and O–H groups in total. The van der Waals surface area contributed by atoms with E-state index in [4.69, 9.17) is 4.74 Å². The van der Waals surface area contributed by atoms with Crippen LogP contribution in [0.1, 0.15) is 10.4 Å². The van der Waals surface area contributed by atoms with Crippen LogP contribution >= 0.6 is 11.3 Å². The Bertz CT molecular complexity index is 871. The minimum absolute atomic E-state index is 0.257. The number of halogens is 1. The van der Waals surface area contributed by atoms with Crippen LogP contribution in [0.2, 0.25) is 0 Å². The number of carbonyl (C=O) groups is 2. The Hall–Kier alpha value is -2.51. The van der Waals surface area contributed by atoms with Crippen molar-refractivity contribution < 1.29 is 18.7 Å². The largest absolute Gasteiger partial charge is 0.378 e. The smallest absolute Gasteiger partial charge is 0.277 e. The number of carbonyl (C=O) groups excluding carboxylic acids is 2. The molecule has 0 atom stereocenters. The van der Waals surface area contributed by atoms with Gasteiger partial charge < -0.3 is 9.64 Å². The van der Waals surface area contributed by atoms with Crippen molar-refractivity contribution in [1.82, 2.24) is 9.80 Å². The third kappa shape index (κ3) is 3.52. The lowest BCUT2D eigenvalue weighted by atomic mass is 10.1. The van der Waals surface area contributed by atoms with Crippen molar-refractivity contribution in [3.63, 3.8) is 0 Å². The van der Waals surface area contributed by atoms with Crippen molar-refractivity contribution in [3.8, 4) is 0 Å². The summed E-state index contributed by atoms with van der Waals surface area (Å²) in [6.45, 7) is 2.53. The van der Waals surface area contributed by atoms with Crippen molar-refractivity contribution in [2.75, 3.05) is 32.8 Å². The molecular weight excluding hydrogens is 367 g/mol. The van der Waals surface area contributed by atoms with Gasteiger partial charge in [-0.15, -0.1) is 11.3 Å². The molecule has 140 valence electrons. The summed E-state index contributed by atoms with van der Waals surface area (Å²) in [5.74, 6) is -0.818. The second kappa shape index (κ2) is 7.62. The Morgan fingerprint density at radius 1 is 1.04 bits per heavy atom. The van der Waals surface area contributed by atoms with Crippen LogP contribution < -0.4 is 0 Å². The molecule has 1 fully saturated rings. The summed E-state index contributed by atoms with van der Waals surface area (Å²) < 4.78 is 18.5. The summed E-state index contributed by atoms with van der Waals surface area (Å²) in [6.07, 6.45) is 0.492. The minimum Gasteiger partial charge on any atom is -0.378 e. The molecule has 0 saturated carbocycles. The van der Waals surface area contributed by atoms with E-state index in [9.17, 15) is 14.0 Å². The van der Waals surface area contributed by atoms with Gasteiger partial charge in [-0.05, 0) is 35.6 Å². The van der Waals surface area contributed by atoms with E-state index in [1.807, 2.05) is 22.4 Å². The zero-order chi connectivity index (χ0) is 18.8. The van der Waals surface area contributed by atoms with E-state index < -0.39 is 0 Å². The molecule has 0 bridgehead atoms. The highest BCUT2D eigenvalue weighted by atomic mass is 32.1. The van der Waals surface area contributed by atoms with E-state index in [0.29, 0.717) is 44.0 Å². The number of imide groups is 1. The van der Waals surface area contributed by atoms with Crippen LogP contribution in [-0.4, -0.2) is 54.5 Å². The number of benzene rings is 1. The van der Waals surface area contributed by atoms with Crippen LogP contribution in [0.15, 0.2) is 47.5 Å². The van der Waals surface area contributed by atoms with Crippen LogP contribution in [0.25, 0.3) is 5.57 Å². The van der Waals surface area contributed by atoms with E-state index in [1.54, 1.807) is 12.1 Å².